The third kappa shape index (κ3) is 4.39. The molecule has 2 aliphatic rings. The second-order valence-corrected chi connectivity index (χ2v) is 10.5. The van der Waals surface area contributed by atoms with Gasteiger partial charge in [0, 0.05) is 23.5 Å². The number of nitrogens with zero attached hydrogens (tertiary/aromatic N) is 6. The lowest BCUT2D eigenvalue weighted by Gasteiger charge is -2.32. The SMILES string of the molecule is C=C(c1cscn1)c1nc2nc(C#N)nc(N[C@H](C)C3CCC3)c2n1CC1CCC(C)CC1. The Hall–Kier alpha value is -2.79. The molecule has 33 heavy (non-hydrogen) atoms. The number of rotatable bonds is 7. The van der Waals surface area contributed by atoms with E-state index in [1.807, 2.05) is 10.9 Å². The van der Waals surface area contributed by atoms with Crippen LogP contribution >= 0.6 is 11.3 Å². The third-order valence-electron chi connectivity index (χ3n) is 7.51. The average molecular weight is 462 g/mol. The zero-order chi connectivity index (χ0) is 22.9. The lowest BCUT2D eigenvalue weighted by molar-refractivity contribution is 0.266. The Morgan fingerprint density at radius 2 is 2.03 bits per heavy atom. The molecule has 0 spiro atoms. The van der Waals surface area contributed by atoms with Gasteiger partial charge >= 0.3 is 0 Å². The monoisotopic (exact) mass is 461 g/mol. The molecule has 7 nitrogen and oxygen atoms in total. The number of fused-ring (bicyclic) bond motifs is 1. The minimum absolute atomic E-state index is 0.146. The van der Waals surface area contributed by atoms with Crippen molar-refractivity contribution in [3.63, 3.8) is 0 Å². The molecule has 2 fully saturated rings. The molecule has 0 radical (unpaired) electrons. The molecule has 1 N–H and O–H groups in total. The van der Waals surface area contributed by atoms with E-state index in [0.29, 0.717) is 23.3 Å². The number of hydrogen-bond acceptors (Lipinski definition) is 7. The van der Waals surface area contributed by atoms with Gasteiger partial charge < -0.3 is 9.88 Å². The van der Waals surface area contributed by atoms with Gasteiger partial charge in [-0.1, -0.05) is 32.8 Å². The van der Waals surface area contributed by atoms with Crippen molar-refractivity contribution in [3.8, 4) is 6.07 Å². The van der Waals surface area contributed by atoms with E-state index in [2.05, 4.69) is 51.3 Å². The Balaban J connectivity index is 1.60. The molecule has 0 aromatic carbocycles. The fraction of sp³-hybridized carbons (Fsp3) is 0.560. The number of hydrogen-bond donors (Lipinski definition) is 1. The van der Waals surface area contributed by atoms with Gasteiger partial charge in [0.05, 0.1) is 11.2 Å². The Bertz CT molecular complexity index is 1180. The summed E-state index contributed by atoms with van der Waals surface area (Å²) in [5, 5.41) is 15.2. The summed E-state index contributed by atoms with van der Waals surface area (Å²) in [6.45, 7) is 9.75. The van der Waals surface area contributed by atoms with E-state index in [1.54, 1.807) is 11.3 Å². The molecule has 3 aromatic rings. The topological polar surface area (TPSA) is 92.3 Å². The zero-order valence-electron chi connectivity index (χ0n) is 19.4. The molecule has 3 heterocycles. The summed E-state index contributed by atoms with van der Waals surface area (Å²) >= 11 is 1.55. The maximum Gasteiger partial charge on any atom is 0.236 e. The molecule has 2 aliphatic carbocycles. The highest BCUT2D eigenvalue weighted by molar-refractivity contribution is 7.07. The number of anilines is 1. The van der Waals surface area contributed by atoms with Crippen LogP contribution in [0.15, 0.2) is 17.5 Å². The van der Waals surface area contributed by atoms with Gasteiger partial charge in [-0.15, -0.1) is 11.3 Å². The van der Waals surface area contributed by atoms with Crippen LogP contribution in [0.2, 0.25) is 0 Å². The van der Waals surface area contributed by atoms with Crippen molar-refractivity contribution < 1.29 is 0 Å². The van der Waals surface area contributed by atoms with Gasteiger partial charge in [-0.3, -0.25) is 0 Å². The number of nitriles is 1. The lowest BCUT2D eigenvalue weighted by Crippen LogP contribution is -2.31. The second-order valence-electron chi connectivity index (χ2n) is 9.83. The molecule has 3 aromatic heterocycles. The lowest BCUT2D eigenvalue weighted by atomic mass is 9.80. The molecule has 0 aliphatic heterocycles. The molecule has 0 saturated heterocycles. The van der Waals surface area contributed by atoms with Crippen molar-refractivity contribution in [1.29, 1.82) is 5.26 Å². The summed E-state index contributed by atoms with van der Waals surface area (Å²) in [5.41, 5.74) is 4.87. The fourth-order valence-corrected chi connectivity index (χ4v) is 5.68. The van der Waals surface area contributed by atoms with E-state index in [1.165, 1.54) is 44.9 Å². The molecule has 172 valence electrons. The fourth-order valence-electron chi connectivity index (χ4n) is 5.11. The standard InChI is InChI=1S/C25H31N7S/c1-15-7-9-18(10-8-15)12-32-22-23(28-17(3)19-5-4-6-19)29-21(11-26)30-24(22)31-25(32)16(2)20-13-33-14-27-20/h13-15,17-19H,2,4-10,12H2,1,3H3,(H,28,29,30)/t15?,17-,18?/m1/s1. The Morgan fingerprint density at radius 1 is 1.24 bits per heavy atom. The number of thiazole rings is 1. The molecular formula is C25H31N7S. The van der Waals surface area contributed by atoms with Crippen molar-refractivity contribution >= 4 is 33.9 Å². The van der Waals surface area contributed by atoms with Crippen molar-refractivity contribution in [3.05, 3.63) is 34.8 Å². The second kappa shape index (κ2) is 9.22. The van der Waals surface area contributed by atoms with E-state index in [0.717, 1.165) is 35.1 Å². The summed E-state index contributed by atoms with van der Waals surface area (Å²) in [6.07, 6.45) is 8.70. The first-order valence-corrected chi connectivity index (χ1v) is 13.0. The zero-order valence-corrected chi connectivity index (χ0v) is 20.2. The molecule has 0 bridgehead atoms. The predicted molar refractivity (Wildman–Crippen MR) is 132 cm³/mol. The van der Waals surface area contributed by atoms with Crippen LogP contribution in [0.1, 0.15) is 76.1 Å². The van der Waals surface area contributed by atoms with Crippen LogP contribution in [0.3, 0.4) is 0 Å². The molecule has 5 rings (SSSR count). The largest absolute Gasteiger partial charge is 0.365 e. The predicted octanol–water partition coefficient (Wildman–Crippen LogP) is 5.64. The molecule has 8 heteroatoms. The maximum absolute atomic E-state index is 9.58. The van der Waals surface area contributed by atoms with Crippen molar-refractivity contribution in [2.24, 2.45) is 17.8 Å². The van der Waals surface area contributed by atoms with Crippen LogP contribution in [0.25, 0.3) is 16.7 Å². The first kappa shape index (κ1) is 22.0. The first-order chi connectivity index (χ1) is 16.0. The highest BCUT2D eigenvalue weighted by Gasteiger charge is 2.28. The molecular weight excluding hydrogens is 430 g/mol. The summed E-state index contributed by atoms with van der Waals surface area (Å²) < 4.78 is 2.24. The van der Waals surface area contributed by atoms with E-state index < -0.39 is 0 Å². The summed E-state index contributed by atoms with van der Waals surface area (Å²) in [5.74, 6) is 3.65. The van der Waals surface area contributed by atoms with Crippen LogP contribution in [-0.4, -0.2) is 30.5 Å². The summed E-state index contributed by atoms with van der Waals surface area (Å²) in [4.78, 5) is 18.5. The van der Waals surface area contributed by atoms with Crippen LogP contribution in [-0.2, 0) is 6.54 Å². The maximum atomic E-state index is 9.58. The van der Waals surface area contributed by atoms with Gasteiger partial charge in [0.2, 0.25) is 5.82 Å². The number of imidazole rings is 1. The Morgan fingerprint density at radius 3 is 2.67 bits per heavy atom. The number of aromatic nitrogens is 5. The van der Waals surface area contributed by atoms with Gasteiger partial charge in [0.1, 0.15) is 17.4 Å². The summed E-state index contributed by atoms with van der Waals surface area (Å²) in [7, 11) is 0. The Kier molecular flexibility index (Phi) is 6.15. The van der Waals surface area contributed by atoms with E-state index in [4.69, 9.17) is 4.98 Å². The van der Waals surface area contributed by atoms with Crippen molar-refractivity contribution in [2.75, 3.05) is 5.32 Å². The molecule has 1 atom stereocenters. The van der Waals surface area contributed by atoms with Crippen molar-refractivity contribution in [1.82, 2.24) is 24.5 Å². The van der Waals surface area contributed by atoms with Crippen LogP contribution in [0.5, 0.6) is 0 Å². The Labute approximate surface area is 199 Å². The van der Waals surface area contributed by atoms with Gasteiger partial charge in [-0.05, 0) is 50.4 Å². The van der Waals surface area contributed by atoms with E-state index >= 15 is 0 Å². The number of nitrogens with one attached hydrogen (secondary N) is 1. The van der Waals surface area contributed by atoms with Crippen LogP contribution in [0.4, 0.5) is 5.82 Å². The highest BCUT2D eigenvalue weighted by atomic mass is 32.1. The molecule has 0 amide bonds. The minimum Gasteiger partial charge on any atom is -0.365 e. The van der Waals surface area contributed by atoms with Gasteiger partial charge in [0.15, 0.2) is 11.5 Å². The van der Waals surface area contributed by atoms with E-state index in [-0.39, 0.29) is 11.9 Å². The van der Waals surface area contributed by atoms with Gasteiger partial charge in [-0.25, -0.2) is 9.97 Å². The third-order valence-corrected chi connectivity index (χ3v) is 8.10. The molecule has 0 unspecified atom stereocenters. The average Bonchev–Trinajstić information content (AvgIpc) is 3.42. The van der Waals surface area contributed by atoms with Crippen LogP contribution in [0, 0.1) is 29.1 Å². The van der Waals surface area contributed by atoms with Gasteiger partial charge in [-0.2, -0.15) is 15.2 Å². The minimum atomic E-state index is 0.146. The normalized spacial score (nSPS) is 22.0. The quantitative estimate of drug-likeness (QED) is 0.489. The van der Waals surface area contributed by atoms with E-state index in [9.17, 15) is 5.26 Å². The first-order valence-electron chi connectivity index (χ1n) is 12.1. The smallest absolute Gasteiger partial charge is 0.236 e. The van der Waals surface area contributed by atoms with Crippen molar-refractivity contribution in [2.45, 2.75) is 71.4 Å². The highest BCUT2D eigenvalue weighted by Crippen LogP contribution is 2.35. The van der Waals surface area contributed by atoms with Crippen LogP contribution < -0.4 is 5.32 Å². The molecule has 2 saturated carbocycles. The van der Waals surface area contributed by atoms with Gasteiger partial charge in [0.25, 0.3) is 0 Å². The summed E-state index contributed by atoms with van der Waals surface area (Å²) in [6, 6.07) is 2.40.